The predicted octanol–water partition coefficient (Wildman–Crippen LogP) is 2.61. The van der Waals surface area contributed by atoms with Crippen LogP contribution in [0.25, 0.3) is 0 Å². The molecule has 0 spiro atoms. The van der Waals surface area contributed by atoms with Gasteiger partial charge in [0.1, 0.15) is 11.4 Å². The molecule has 1 aliphatic carbocycles. The van der Waals surface area contributed by atoms with Gasteiger partial charge in [0.25, 0.3) is 0 Å². The highest BCUT2D eigenvalue weighted by molar-refractivity contribution is 5.80. The first-order valence-electron chi connectivity index (χ1n) is 6.31. The summed E-state index contributed by atoms with van der Waals surface area (Å²) in [5.41, 5.74) is -0.462. The number of ether oxygens (including phenoxy) is 1. The molecule has 0 aliphatic heterocycles. The van der Waals surface area contributed by atoms with E-state index in [9.17, 15) is 9.59 Å². The van der Waals surface area contributed by atoms with Crippen molar-refractivity contribution >= 4 is 11.9 Å². The minimum atomic E-state index is -0.462. The summed E-state index contributed by atoms with van der Waals surface area (Å²) in [6, 6.07) is 0. The molecule has 1 amide bonds. The van der Waals surface area contributed by atoms with Crippen LogP contribution in [0.1, 0.15) is 47.0 Å². The topological polar surface area (TPSA) is 46.6 Å². The third kappa shape index (κ3) is 4.75. The molecule has 0 bridgehead atoms. The van der Waals surface area contributed by atoms with Gasteiger partial charge in [0.05, 0.1) is 0 Å². The zero-order valence-electron chi connectivity index (χ0n) is 11.3. The Bertz CT molecular complexity index is 294. The van der Waals surface area contributed by atoms with Gasteiger partial charge in [-0.2, -0.15) is 0 Å². The van der Waals surface area contributed by atoms with Gasteiger partial charge in [-0.05, 0) is 40.0 Å². The van der Waals surface area contributed by atoms with Gasteiger partial charge in [-0.1, -0.05) is 0 Å². The van der Waals surface area contributed by atoms with E-state index in [1.807, 2.05) is 27.7 Å². The van der Waals surface area contributed by atoms with E-state index in [0.717, 1.165) is 6.42 Å². The Balaban J connectivity index is 2.47. The second-order valence-corrected chi connectivity index (χ2v) is 5.67. The molecule has 17 heavy (non-hydrogen) atoms. The van der Waals surface area contributed by atoms with E-state index in [-0.39, 0.29) is 6.09 Å². The van der Waals surface area contributed by atoms with Crippen LogP contribution in [0.3, 0.4) is 0 Å². The molecule has 1 atom stereocenters. The van der Waals surface area contributed by atoms with E-state index in [2.05, 4.69) is 0 Å². The van der Waals surface area contributed by atoms with Gasteiger partial charge < -0.3 is 9.64 Å². The Labute approximate surface area is 103 Å². The summed E-state index contributed by atoms with van der Waals surface area (Å²) < 4.78 is 5.33. The van der Waals surface area contributed by atoms with Crippen LogP contribution in [0, 0.1) is 5.92 Å². The molecule has 4 nitrogen and oxygen atoms in total. The number of hydrogen-bond acceptors (Lipinski definition) is 3. The lowest BCUT2D eigenvalue weighted by atomic mass is 10.1. The summed E-state index contributed by atoms with van der Waals surface area (Å²) >= 11 is 0. The maximum atomic E-state index is 11.9. The van der Waals surface area contributed by atoms with Crippen molar-refractivity contribution in [3.8, 4) is 0 Å². The molecule has 0 N–H and O–H groups in total. The summed E-state index contributed by atoms with van der Waals surface area (Å²) in [6.45, 7) is 8.77. The lowest BCUT2D eigenvalue weighted by Gasteiger charge is -2.28. The van der Waals surface area contributed by atoms with Crippen LogP contribution in [-0.2, 0) is 9.53 Å². The van der Waals surface area contributed by atoms with E-state index in [1.54, 1.807) is 4.90 Å². The normalized spacial score (nSPS) is 20.5. The quantitative estimate of drug-likeness (QED) is 0.763. The lowest BCUT2D eigenvalue weighted by Crippen LogP contribution is -2.39. The molecule has 98 valence electrons. The minimum absolute atomic E-state index is 0.278. The molecule has 0 unspecified atom stereocenters. The van der Waals surface area contributed by atoms with Crippen LogP contribution in [-0.4, -0.2) is 35.5 Å². The van der Waals surface area contributed by atoms with Crippen LogP contribution in [0.2, 0.25) is 0 Å². The van der Waals surface area contributed by atoms with Crippen molar-refractivity contribution in [2.75, 3.05) is 13.1 Å². The van der Waals surface area contributed by atoms with Crippen molar-refractivity contribution in [3.63, 3.8) is 0 Å². The van der Waals surface area contributed by atoms with Gasteiger partial charge in [0, 0.05) is 25.9 Å². The van der Waals surface area contributed by atoms with Crippen LogP contribution < -0.4 is 0 Å². The number of carbonyl (C=O) groups excluding carboxylic acids is 2. The first kappa shape index (κ1) is 14.0. The monoisotopic (exact) mass is 241 g/mol. The summed E-state index contributed by atoms with van der Waals surface area (Å²) in [6.07, 6.45) is 1.90. The average molecular weight is 241 g/mol. The molecular weight excluding hydrogens is 218 g/mol. The van der Waals surface area contributed by atoms with E-state index in [4.69, 9.17) is 4.74 Å². The highest BCUT2D eigenvalue weighted by atomic mass is 16.6. The number of amides is 1. The Morgan fingerprint density at radius 1 is 1.47 bits per heavy atom. The van der Waals surface area contributed by atoms with E-state index in [0.29, 0.717) is 37.6 Å². The summed E-state index contributed by atoms with van der Waals surface area (Å²) in [4.78, 5) is 24.8. The fourth-order valence-corrected chi connectivity index (χ4v) is 2.02. The Morgan fingerprint density at radius 2 is 2.12 bits per heavy atom. The molecule has 0 aromatic carbocycles. The second-order valence-electron chi connectivity index (χ2n) is 5.67. The first-order valence-corrected chi connectivity index (χ1v) is 6.31. The van der Waals surface area contributed by atoms with Crippen molar-refractivity contribution < 1.29 is 14.3 Å². The predicted molar refractivity (Wildman–Crippen MR) is 65.8 cm³/mol. The van der Waals surface area contributed by atoms with Gasteiger partial charge in [0.15, 0.2) is 0 Å². The maximum absolute atomic E-state index is 11.9. The number of Topliss-reactive ketones (excluding diaryl/α,β-unsaturated/α-hetero) is 1. The first-order chi connectivity index (χ1) is 7.81. The fourth-order valence-electron chi connectivity index (χ4n) is 2.02. The van der Waals surface area contributed by atoms with Crippen LogP contribution in [0.5, 0.6) is 0 Å². The summed E-state index contributed by atoms with van der Waals surface area (Å²) in [5, 5.41) is 0. The van der Waals surface area contributed by atoms with Crippen LogP contribution in [0.15, 0.2) is 0 Å². The minimum Gasteiger partial charge on any atom is -0.444 e. The smallest absolute Gasteiger partial charge is 0.410 e. The third-order valence-electron chi connectivity index (χ3n) is 2.86. The van der Waals surface area contributed by atoms with Gasteiger partial charge >= 0.3 is 6.09 Å². The van der Waals surface area contributed by atoms with Crippen molar-refractivity contribution in [1.29, 1.82) is 0 Å². The van der Waals surface area contributed by atoms with E-state index < -0.39 is 5.60 Å². The zero-order valence-corrected chi connectivity index (χ0v) is 11.3. The number of carbonyl (C=O) groups is 2. The van der Waals surface area contributed by atoms with Gasteiger partial charge in [0.2, 0.25) is 0 Å². The summed E-state index contributed by atoms with van der Waals surface area (Å²) in [7, 11) is 0. The standard InChI is InChI=1S/C13H23NO3/c1-5-14(12(16)17-13(2,3)4)9-10-6-7-11(15)8-10/h10H,5-9H2,1-4H3/t10-/m0/s1. The second kappa shape index (κ2) is 5.52. The maximum Gasteiger partial charge on any atom is 0.410 e. The Morgan fingerprint density at radius 3 is 2.53 bits per heavy atom. The van der Waals surface area contributed by atoms with Crippen LogP contribution >= 0.6 is 0 Å². The third-order valence-corrected chi connectivity index (χ3v) is 2.86. The molecular formula is C13H23NO3. The molecule has 4 heteroatoms. The van der Waals surface area contributed by atoms with Gasteiger partial charge in [-0.25, -0.2) is 4.79 Å². The fraction of sp³-hybridized carbons (Fsp3) is 0.846. The largest absolute Gasteiger partial charge is 0.444 e. The van der Waals surface area contributed by atoms with Crippen molar-refractivity contribution in [2.45, 2.75) is 52.6 Å². The molecule has 0 saturated heterocycles. The number of ketones is 1. The van der Waals surface area contributed by atoms with Crippen molar-refractivity contribution in [1.82, 2.24) is 4.90 Å². The highest BCUT2D eigenvalue weighted by Crippen LogP contribution is 2.23. The van der Waals surface area contributed by atoms with Gasteiger partial charge in [-0.15, -0.1) is 0 Å². The van der Waals surface area contributed by atoms with Crippen LogP contribution in [0.4, 0.5) is 4.79 Å². The summed E-state index contributed by atoms with van der Waals surface area (Å²) in [5.74, 6) is 0.630. The molecule has 1 saturated carbocycles. The van der Waals surface area contributed by atoms with Gasteiger partial charge in [-0.3, -0.25) is 4.79 Å². The van der Waals surface area contributed by atoms with Crippen molar-refractivity contribution in [2.24, 2.45) is 5.92 Å². The average Bonchev–Trinajstić information content (AvgIpc) is 2.57. The molecule has 0 radical (unpaired) electrons. The van der Waals surface area contributed by atoms with Crippen molar-refractivity contribution in [3.05, 3.63) is 0 Å². The molecule has 1 aliphatic rings. The van der Waals surface area contributed by atoms with E-state index in [1.165, 1.54) is 0 Å². The Kier molecular flexibility index (Phi) is 4.54. The molecule has 0 heterocycles. The van der Waals surface area contributed by atoms with E-state index >= 15 is 0 Å². The Hall–Kier alpha value is -1.06. The number of hydrogen-bond donors (Lipinski definition) is 0. The molecule has 1 rings (SSSR count). The molecule has 1 fully saturated rings. The number of nitrogens with zero attached hydrogens (tertiary/aromatic N) is 1. The zero-order chi connectivity index (χ0) is 13.1. The lowest BCUT2D eigenvalue weighted by molar-refractivity contribution is -0.117. The number of rotatable bonds is 3. The molecule has 0 aromatic rings. The SMILES string of the molecule is CCN(C[C@H]1CCC(=O)C1)C(=O)OC(C)(C)C. The molecule has 0 aromatic heterocycles. The highest BCUT2D eigenvalue weighted by Gasteiger charge is 2.27.